The average Bonchev–Trinajstić information content (AvgIpc) is 2.97. The van der Waals surface area contributed by atoms with Gasteiger partial charge in [-0.05, 0) is 49.2 Å². The first-order chi connectivity index (χ1) is 11.2. The third-order valence-corrected chi connectivity index (χ3v) is 3.83. The van der Waals surface area contributed by atoms with Gasteiger partial charge in [0.2, 0.25) is 0 Å². The van der Waals surface area contributed by atoms with Crippen LogP contribution in [0.3, 0.4) is 0 Å². The van der Waals surface area contributed by atoms with Crippen molar-refractivity contribution in [3.63, 3.8) is 0 Å². The van der Waals surface area contributed by atoms with Crippen LogP contribution in [0.2, 0.25) is 0 Å². The number of aromatic amines is 1. The molecule has 2 heterocycles. The van der Waals surface area contributed by atoms with Crippen LogP contribution in [-0.4, -0.2) is 29.5 Å². The maximum atomic E-state index is 12.1. The Labute approximate surface area is 134 Å². The number of aromatic nitrogens is 2. The van der Waals surface area contributed by atoms with Gasteiger partial charge in [0.1, 0.15) is 5.75 Å². The topological polar surface area (TPSA) is 67.0 Å². The van der Waals surface area contributed by atoms with Gasteiger partial charge in [-0.25, -0.2) is 0 Å². The maximum Gasteiger partial charge on any atom is 0.252 e. The average molecular weight is 309 g/mol. The van der Waals surface area contributed by atoms with Crippen LogP contribution in [0.4, 0.5) is 0 Å². The van der Waals surface area contributed by atoms with E-state index in [2.05, 4.69) is 15.3 Å². The van der Waals surface area contributed by atoms with Crippen LogP contribution in [-0.2, 0) is 6.42 Å². The summed E-state index contributed by atoms with van der Waals surface area (Å²) in [5.41, 5.74) is 3.70. The number of hydrogen-bond donors (Lipinski definition) is 2. The molecule has 0 bridgehead atoms. The van der Waals surface area contributed by atoms with E-state index >= 15 is 0 Å². The van der Waals surface area contributed by atoms with Crippen LogP contribution in [0.5, 0.6) is 5.75 Å². The minimum absolute atomic E-state index is 0.102. The first kappa shape index (κ1) is 15.1. The van der Waals surface area contributed by atoms with Gasteiger partial charge >= 0.3 is 0 Å². The van der Waals surface area contributed by atoms with E-state index in [9.17, 15) is 4.79 Å². The molecule has 0 atom stereocenters. The monoisotopic (exact) mass is 309 g/mol. The van der Waals surface area contributed by atoms with Crippen molar-refractivity contribution in [2.24, 2.45) is 0 Å². The van der Waals surface area contributed by atoms with Crippen molar-refractivity contribution < 1.29 is 9.53 Å². The van der Waals surface area contributed by atoms with Gasteiger partial charge in [0.25, 0.3) is 5.91 Å². The number of fused-ring (bicyclic) bond motifs is 1. The number of rotatable bonds is 5. The van der Waals surface area contributed by atoms with Crippen molar-refractivity contribution in [2.75, 3.05) is 13.7 Å². The van der Waals surface area contributed by atoms with Crippen LogP contribution in [0.25, 0.3) is 10.9 Å². The standard InChI is InChI=1S/C18H19N3O2/c1-12-3-4-14(11-20-12)18(22)19-8-7-13-10-21-17-6-5-15(23-2)9-16(13)17/h3-6,9-11,21H,7-8H2,1-2H3,(H,19,22). The van der Waals surface area contributed by atoms with Gasteiger partial charge in [0.05, 0.1) is 12.7 Å². The summed E-state index contributed by atoms with van der Waals surface area (Å²) in [5, 5.41) is 4.05. The van der Waals surface area contributed by atoms with Crippen molar-refractivity contribution in [1.82, 2.24) is 15.3 Å². The Morgan fingerprint density at radius 1 is 1.30 bits per heavy atom. The van der Waals surface area contributed by atoms with E-state index in [1.165, 1.54) is 0 Å². The van der Waals surface area contributed by atoms with Gasteiger partial charge in [-0.2, -0.15) is 0 Å². The lowest BCUT2D eigenvalue weighted by atomic mass is 10.1. The van der Waals surface area contributed by atoms with E-state index in [0.717, 1.165) is 34.3 Å². The highest BCUT2D eigenvalue weighted by atomic mass is 16.5. The molecule has 0 fully saturated rings. The third kappa shape index (κ3) is 3.34. The molecule has 3 aromatic rings. The van der Waals surface area contributed by atoms with Crippen LogP contribution in [0, 0.1) is 6.92 Å². The van der Waals surface area contributed by atoms with E-state index in [0.29, 0.717) is 12.1 Å². The molecule has 0 saturated carbocycles. The van der Waals surface area contributed by atoms with E-state index in [1.807, 2.05) is 37.4 Å². The van der Waals surface area contributed by atoms with Gasteiger partial charge in [0, 0.05) is 35.5 Å². The maximum absolute atomic E-state index is 12.1. The minimum atomic E-state index is -0.102. The summed E-state index contributed by atoms with van der Waals surface area (Å²) >= 11 is 0. The normalized spacial score (nSPS) is 10.7. The Morgan fingerprint density at radius 3 is 2.91 bits per heavy atom. The predicted octanol–water partition coefficient (Wildman–Crippen LogP) is 2.85. The van der Waals surface area contributed by atoms with E-state index in [1.54, 1.807) is 19.4 Å². The highest BCUT2D eigenvalue weighted by Crippen LogP contribution is 2.23. The number of carbonyl (C=O) groups excluding carboxylic acids is 1. The van der Waals surface area contributed by atoms with E-state index in [-0.39, 0.29) is 5.91 Å². The minimum Gasteiger partial charge on any atom is -0.497 e. The number of ether oxygens (including phenoxy) is 1. The van der Waals surface area contributed by atoms with Crippen molar-refractivity contribution in [3.05, 3.63) is 59.5 Å². The Bertz CT molecular complexity index is 822. The van der Waals surface area contributed by atoms with Crippen LogP contribution >= 0.6 is 0 Å². The number of nitrogens with one attached hydrogen (secondary N) is 2. The molecule has 5 nitrogen and oxygen atoms in total. The first-order valence-electron chi connectivity index (χ1n) is 7.52. The Balaban J connectivity index is 1.64. The number of methoxy groups -OCH3 is 1. The fourth-order valence-electron chi connectivity index (χ4n) is 2.51. The van der Waals surface area contributed by atoms with Crippen molar-refractivity contribution in [2.45, 2.75) is 13.3 Å². The molecule has 0 aliphatic rings. The molecule has 23 heavy (non-hydrogen) atoms. The highest BCUT2D eigenvalue weighted by molar-refractivity contribution is 5.93. The molecule has 1 aromatic carbocycles. The number of aryl methyl sites for hydroxylation is 1. The molecular weight excluding hydrogens is 290 g/mol. The SMILES string of the molecule is COc1ccc2[nH]cc(CCNC(=O)c3ccc(C)nc3)c2c1. The summed E-state index contributed by atoms with van der Waals surface area (Å²) in [6.45, 7) is 2.46. The molecule has 0 spiro atoms. The van der Waals surface area contributed by atoms with Gasteiger partial charge in [-0.1, -0.05) is 0 Å². The molecule has 3 rings (SSSR count). The number of pyridine rings is 1. The Kier molecular flexibility index (Phi) is 4.28. The van der Waals surface area contributed by atoms with Crippen LogP contribution in [0.1, 0.15) is 21.6 Å². The van der Waals surface area contributed by atoms with Crippen molar-refractivity contribution in [1.29, 1.82) is 0 Å². The molecule has 2 N–H and O–H groups in total. The second-order valence-corrected chi connectivity index (χ2v) is 5.42. The Hall–Kier alpha value is -2.82. The molecule has 1 amide bonds. The largest absolute Gasteiger partial charge is 0.497 e. The number of carbonyl (C=O) groups is 1. The van der Waals surface area contributed by atoms with E-state index < -0.39 is 0 Å². The number of hydrogen-bond acceptors (Lipinski definition) is 3. The second-order valence-electron chi connectivity index (χ2n) is 5.42. The zero-order valence-corrected chi connectivity index (χ0v) is 13.2. The van der Waals surface area contributed by atoms with Gasteiger partial charge in [-0.3, -0.25) is 9.78 Å². The first-order valence-corrected chi connectivity index (χ1v) is 7.52. The van der Waals surface area contributed by atoms with Crippen molar-refractivity contribution in [3.8, 4) is 5.75 Å². The smallest absolute Gasteiger partial charge is 0.252 e. The molecule has 0 aliphatic carbocycles. The molecule has 0 unspecified atom stereocenters. The zero-order chi connectivity index (χ0) is 16.2. The summed E-state index contributed by atoms with van der Waals surface area (Å²) in [6.07, 6.45) is 4.32. The quantitative estimate of drug-likeness (QED) is 0.761. The molecule has 0 saturated heterocycles. The molecule has 118 valence electrons. The summed E-state index contributed by atoms with van der Waals surface area (Å²) in [4.78, 5) is 19.4. The number of nitrogens with zero attached hydrogens (tertiary/aromatic N) is 1. The molecule has 0 aliphatic heterocycles. The Morgan fingerprint density at radius 2 is 2.17 bits per heavy atom. The summed E-state index contributed by atoms with van der Waals surface area (Å²) < 4.78 is 5.27. The lowest BCUT2D eigenvalue weighted by molar-refractivity contribution is 0.0954. The second kappa shape index (κ2) is 6.52. The van der Waals surface area contributed by atoms with Gasteiger partial charge in [0.15, 0.2) is 0 Å². The predicted molar refractivity (Wildman–Crippen MR) is 89.9 cm³/mol. The summed E-state index contributed by atoms with van der Waals surface area (Å²) in [6, 6.07) is 9.55. The van der Waals surface area contributed by atoms with Crippen molar-refractivity contribution >= 4 is 16.8 Å². The molecule has 2 aromatic heterocycles. The number of amides is 1. The van der Waals surface area contributed by atoms with Crippen LogP contribution in [0.15, 0.2) is 42.7 Å². The van der Waals surface area contributed by atoms with Gasteiger partial charge in [-0.15, -0.1) is 0 Å². The fraction of sp³-hybridized carbons (Fsp3) is 0.222. The summed E-state index contributed by atoms with van der Waals surface area (Å²) in [5.74, 6) is 0.725. The number of benzene rings is 1. The zero-order valence-electron chi connectivity index (χ0n) is 13.2. The number of H-pyrrole nitrogens is 1. The highest BCUT2D eigenvalue weighted by Gasteiger charge is 2.08. The summed E-state index contributed by atoms with van der Waals surface area (Å²) in [7, 11) is 1.66. The third-order valence-electron chi connectivity index (χ3n) is 3.83. The van der Waals surface area contributed by atoms with Gasteiger partial charge < -0.3 is 15.0 Å². The lowest BCUT2D eigenvalue weighted by Gasteiger charge is -2.05. The molecular formula is C18H19N3O2. The molecule has 5 heteroatoms. The van der Waals surface area contributed by atoms with E-state index in [4.69, 9.17) is 4.74 Å². The van der Waals surface area contributed by atoms with Crippen LogP contribution < -0.4 is 10.1 Å². The fourth-order valence-corrected chi connectivity index (χ4v) is 2.51. The molecule has 0 radical (unpaired) electrons. The lowest BCUT2D eigenvalue weighted by Crippen LogP contribution is -2.25.